The molecule has 10 nitrogen and oxygen atoms in total. The van der Waals surface area contributed by atoms with Crippen molar-refractivity contribution in [1.29, 1.82) is 0 Å². The summed E-state index contributed by atoms with van der Waals surface area (Å²) in [6.07, 6.45) is 2.68. The van der Waals surface area contributed by atoms with Crippen LogP contribution in [0.3, 0.4) is 0 Å². The van der Waals surface area contributed by atoms with Crippen molar-refractivity contribution in [3.63, 3.8) is 0 Å². The summed E-state index contributed by atoms with van der Waals surface area (Å²) in [6.45, 7) is 5.22. The number of aliphatic hydroxyl groups excluding tert-OH is 1. The Morgan fingerprint density at radius 1 is 0.846 bits per heavy atom. The van der Waals surface area contributed by atoms with E-state index in [4.69, 9.17) is 4.74 Å². The van der Waals surface area contributed by atoms with Gasteiger partial charge >= 0.3 is 6.09 Å². The molecule has 272 valence electrons. The minimum absolute atomic E-state index is 0.0805. The quantitative estimate of drug-likeness (QED) is 0.0952. The maximum atomic E-state index is 14.3. The lowest BCUT2D eigenvalue weighted by molar-refractivity contribution is -0.147. The van der Waals surface area contributed by atoms with Crippen molar-refractivity contribution < 1.29 is 29.3 Å². The number of nitrogens with zero attached hydrogens (tertiary/aromatic N) is 1. The lowest BCUT2D eigenvalue weighted by atomic mass is 9.86. The molecule has 52 heavy (non-hydrogen) atoms. The van der Waals surface area contributed by atoms with Gasteiger partial charge in [0.2, 0.25) is 0 Å². The molecule has 10 heteroatoms. The van der Waals surface area contributed by atoms with Crippen molar-refractivity contribution in [3.05, 3.63) is 143 Å². The molecule has 4 aromatic rings. The molecular formula is C42H48N4O6. The highest BCUT2D eigenvalue weighted by Crippen LogP contribution is 2.32. The minimum Gasteiger partial charge on any atom is -0.453 e. The molecule has 0 bridgehead atoms. The fraction of sp³-hybridized carbons (Fsp3) is 0.310. The number of nitrogens with one attached hydrogen (secondary N) is 3. The minimum atomic E-state index is -2.07. The molecule has 0 aliphatic heterocycles. The van der Waals surface area contributed by atoms with Crippen LogP contribution in [0.2, 0.25) is 0 Å². The normalized spacial score (nSPS) is 17.2. The topological polar surface area (TPSA) is 140 Å². The number of hydrogen-bond acceptors (Lipinski definition) is 7. The summed E-state index contributed by atoms with van der Waals surface area (Å²) in [5, 5.41) is 30.4. The van der Waals surface area contributed by atoms with Gasteiger partial charge in [0.15, 0.2) is 5.60 Å². The summed E-state index contributed by atoms with van der Waals surface area (Å²) in [5.41, 5.74) is 5.36. The molecule has 5 rings (SSSR count). The van der Waals surface area contributed by atoms with Crippen molar-refractivity contribution in [2.24, 2.45) is 5.41 Å². The second-order valence-corrected chi connectivity index (χ2v) is 14.4. The van der Waals surface area contributed by atoms with E-state index in [0.717, 1.165) is 27.8 Å². The average Bonchev–Trinajstić information content (AvgIpc) is 3.44. The van der Waals surface area contributed by atoms with Crippen LogP contribution < -0.4 is 16.1 Å². The Kier molecular flexibility index (Phi) is 12.3. The smallest absolute Gasteiger partial charge is 0.407 e. The number of amides is 3. The van der Waals surface area contributed by atoms with Crippen LogP contribution >= 0.6 is 0 Å². The highest BCUT2D eigenvalue weighted by Gasteiger charge is 2.43. The molecule has 0 saturated carbocycles. The molecule has 0 heterocycles. The molecule has 1 aliphatic rings. The molecule has 0 unspecified atom stereocenters. The summed E-state index contributed by atoms with van der Waals surface area (Å²) >= 11 is 0. The Bertz CT molecular complexity index is 1840. The van der Waals surface area contributed by atoms with Gasteiger partial charge in [-0.3, -0.25) is 15.0 Å². The number of rotatable bonds is 13. The van der Waals surface area contributed by atoms with E-state index in [1.807, 2.05) is 142 Å². The van der Waals surface area contributed by atoms with Crippen molar-refractivity contribution in [2.75, 3.05) is 13.7 Å². The van der Waals surface area contributed by atoms with Crippen molar-refractivity contribution >= 4 is 30.1 Å². The van der Waals surface area contributed by atoms with E-state index in [1.165, 1.54) is 12.1 Å². The number of aliphatic hydroxyl groups is 2. The molecule has 5 N–H and O–H groups in total. The van der Waals surface area contributed by atoms with E-state index < -0.39 is 47.1 Å². The lowest BCUT2D eigenvalue weighted by Gasteiger charge is -2.37. The van der Waals surface area contributed by atoms with Crippen LogP contribution in [0.25, 0.3) is 12.2 Å². The number of carbonyl (C=O) groups excluding carboxylic acids is 3. The summed E-state index contributed by atoms with van der Waals surface area (Å²) in [7, 11) is 1.22. The third-order valence-corrected chi connectivity index (χ3v) is 9.17. The van der Waals surface area contributed by atoms with Crippen molar-refractivity contribution in [1.82, 2.24) is 21.1 Å². The van der Waals surface area contributed by atoms with Crippen LogP contribution in [0, 0.1) is 5.41 Å². The van der Waals surface area contributed by atoms with E-state index in [9.17, 15) is 24.6 Å². The molecule has 0 fully saturated rings. The fourth-order valence-corrected chi connectivity index (χ4v) is 6.40. The number of hydrazine groups is 1. The molecule has 4 atom stereocenters. The first-order valence-corrected chi connectivity index (χ1v) is 17.4. The second kappa shape index (κ2) is 16.8. The monoisotopic (exact) mass is 704 g/mol. The Balaban J connectivity index is 1.45. The molecule has 3 amide bonds. The predicted molar refractivity (Wildman–Crippen MR) is 201 cm³/mol. The van der Waals surface area contributed by atoms with Gasteiger partial charge in [-0.1, -0.05) is 142 Å². The first-order chi connectivity index (χ1) is 24.8. The highest BCUT2D eigenvalue weighted by molar-refractivity contribution is 5.87. The van der Waals surface area contributed by atoms with E-state index in [1.54, 1.807) is 0 Å². The van der Waals surface area contributed by atoms with Crippen LogP contribution in [-0.4, -0.2) is 64.5 Å². The second-order valence-electron chi connectivity index (χ2n) is 14.4. The van der Waals surface area contributed by atoms with Gasteiger partial charge in [-0.25, -0.2) is 9.80 Å². The fourth-order valence-electron chi connectivity index (χ4n) is 6.40. The van der Waals surface area contributed by atoms with E-state index >= 15 is 0 Å². The molecule has 4 aromatic carbocycles. The zero-order valence-electron chi connectivity index (χ0n) is 30.1. The Morgan fingerprint density at radius 2 is 1.44 bits per heavy atom. The molecule has 1 aliphatic carbocycles. The number of fused-ring (bicyclic) bond motifs is 1. The zero-order chi connectivity index (χ0) is 37.3. The molecule has 0 spiro atoms. The van der Waals surface area contributed by atoms with Gasteiger partial charge in [-0.2, -0.15) is 0 Å². The van der Waals surface area contributed by atoms with Crippen LogP contribution in [-0.2, 0) is 33.7 Å². The number of methoxy groups -OCH3 is 1. The standard InChI is InChI=1S/C42H48N4O6/c1-41(2,3)37(44-40(50)52-4)38(48)45-46(27-32-23-21-30(22-24-32)20-19-29-13-7-5-8-14-29)28-42(51,26-31-15-9-6-10-16-31)39(49)43-36-34-18-12-11-17-33(34)25-35(36)47/h5-24,35-37,47,51H,25-28H2,1-4H3,(H,43,49)(H,44,50)(H,45,48)/t35-,36+,37-,42-/m1/s1. The molecule has 0 aromatic heterocycles. The number of carbonyl (C=O) groups is 3. The van der Waals surface area contributed by atoms with E-state index in [-0.39, 0.29) is 19.5 Å². The van der Waals surface area contributed by atoms with Crippen molar-refractivity contribution in [2.45, 2.75) is 63.9 Å². The van der Waals surface area contributed by atoms with Crippen molar-refractivity contribution in [3.8, 4) is 0 Å². The maximum Gasteiger partial charge on any atom is 0.407 e. The van der Waals surface area contributed by atoms with Crippen LogP contribution in [0.5, 0.6) is 0 Å². The van der Waals surface area contributed by atoms with Crippen LogP contribution in [0.4, 0.5) is 4.79 Å². The SMILES string of the molecule is COC(=O)N[C@H](C(=O)NN(Cc1ccc(C=Cc2ccccc2)cc1)C[C@](O)(Cc1ccccc1)C(=O)N[C@H]1c2ccccc2C[C@H]1O)C(C)(C)C. The average molecular weight is 705 g/mol. The highest BCUT2D eigenvalue weighted by atomic mass is 16.5. The summed E-state index contributed by atoms with van der Waals surface area (Å²) in [4.78, 5) is 40.5. The first kappa shape index (κ1) is 38.0. The third-order valence-electron chi connectivity index (χ3n) is 9.17. The Labute approximate surface area is 305 Å². The summed E-state index contributed by atoms with van der Waals surface area (Å²) in [5.74, 6) is -1.25. The number of benzene rings is 4. The number of ether oxygens (including phenoxy) is 1. The number of hydrogen-bond donors (Lipinski definition) is 5. The maximum absolute atomic E-state index is 14.3. The van der Waals surface area contributed by atoms with Gasteiger partial charge in [0, 0.05) is 19.4 Å². The molecular weight excluding hydrogens is 656 g/mol. The predicted octanol–water partition coefficient (Wildman–Crippen LogP) is 5.21. The van der Waals surface area contributed by atoms with E-state index in [2.05, 4.69) is 16.1 Å². The molecule has 0 saturated heterocycles. The lowest BCUT2D eigenvalue weighted by Crippen LogP contribution is -2.62. The summed E-state index contributed by atoms with van der Waals surface area (Å²) in [6, 6.07) is 32.6. The van der Waals surface area contributed by atoms with Gasteiger partial charge in [0.1, 0.15) is 6.04 Å². The van der Waals surface area contributed by atoms with Crippen LogP contribution in [0.15, 0.2) is 109 Å². The van der Waals surface area contributed by atoms with Gasteiger partial charge < -0.3 is 25.6 Å². The van der Waals surface area contributed by atoms with E-state index in [0.29, 0.717) is 12.0 Å². The van der Waals surface area contributed by atoms with Gasteiger partial charge in [-0.05, 0) is 38.8 Å². The van der Waals surface area contributed by atoms with Gasteiger partial charge in [-0.15, -0.1) is 0 Å². The third kappa shape index (κ3) is 9.94. The molecule has 0 radical (unpaired) electrons. The zero-order valence-corrected chi connectivity index (χ0v) is 30.1. The first-order valence-electron chi connectivity index (χ1n) is 17.4. The Morgan fingerprint density at radius 3 is 2.08 bits per heavy atom. The summed E-state index contributed by atoms with van der Waals surface area (Å²) < 4.78 is 4.80. The van der Waals surface area contributed by atoms with Crippen LogP contribution in [0.1, 0.15) is 60.2 Å². The van der Waals surface area contributed by atoms with Gasteiger partial charge in [0.05, 0.1) is 25.8 Å². The largest absolute Gasteiger partial charge is 0.453 e. The number of alkyl carbamates (subject to hydrolysis) is 1. The van der Waals surface area contributed by atoms with Gasteiger partial charge in [0.25, 0.3) is 11.8 Å². The Hall–Kier alpha value is -5.29.